The minimum absolute atomic E-state index is 0.0753. The molecule has 6 heteroatoms. The highest BCUT2D eigenvalue weighted by Crippen LogP contribution is 2.15. The van der Waals surface area contributed by atoms with Crippen LogP contribution in [0.4, 0.5) is 0 Å². The van der Waals surface area contributed by atoms with Gasteiger partial charge >= 0.3 is 17.9 Å². The maximum Gasteiger partial charge on any atom is 0.306 e. The number of esters is 3. The largest absolute Gasteiger partial charge is 0.462 e. The van der Waals surface area contributed by atoms with E-state index in [1.54, 1.807) is 0 Å². The summed E-state index contributed by atoms with van der Waals surface area (Å²) in [5.41, 5.74) is 0. The summed E-state index contributed by atoms with van der Waals surface area (Å²) in [6.45, 7) is 6.63. The van der Waals surface area contributed by atoms with Crippen LogP contribution in [0.25, 0.3) is 0 Å². The highest BCUT2D eigenvalue weighted by Gasteiger charge is 2.19. The lowest BCUT2D eigenvalue weighted by Crippen LogP contribution is -2.30. The van der Waals surface area contributed by atoms with Crippen molar-refractivity contribution in [2.24, 2.45) is 0 Å². The molecule has 0 aromatic heterocycles. The fourth-order valence-corrected chi connectivity index (χ4v) is 8.25. The normalized spacial score (nSPS) is 12.2. The van der Waals surface area contributed by atoms with Crippen LogP contribution < -0.4 is 0 Å². The number of rotatable bonds is 52. The van der Waals surface area contributed by atoms with Gasteiger partial charge < -0.3 is 14.2 Å². The van der Waals surface area contributed by atoms with Crippen LogP contribution in [-0.4, -0.2) is 37.2 Å². The first-order chi connectivity index (χ1) is 32.0. The third-order valence-electron chi connectivity index (χ3n) is 12.6. The number of hydrogen-bond donors (Lipinski definition) is 0. The monoisotopic (exact) mass is 913 g/mol. The van der Waals surface area contributed by atoms with Crippen molar-refractivity contribution in [1.82, 2.24) is 0 Å². The lowest BCUT2D eigenvalue weighted by atomic mass is 10.1. The third kappa shape index (κ3) is 52.5. The first-order valence-electron chi connectivity index (χ1n) is 28.5. The van der Waals surface area contributed by atoms with E-state index >= 15 is 0 Å². The summed E-state index contributed by atoms with van der Waals surface area (Å²) in [5.74, 6) is -0.874. The zero-order valence-electron chi connectivity index (χ0n) is 43.5. The van der Waals surface area contributed by atoms with Crippen molar-refractivity contribution in [3.63, 3.8) is 0 Å². The van der Waals surface area contributed by atoms with Gasteiger partial charge in [0, 0.05) is 19.3 Å². The molecular weight excluding hydrogens is 805 g/mol. The Hall–Kier alpha value is -2.37. The second kappa shape index (κ2) is 54.2. The molecule has 0 aliphatic rings. The van der Waals surface area contributed by atoms with Crippen LogP contribution in [0, 0.1) is 0 Å². The Morgan fingerprint density at radius 2 is 0.508 bits per heavy atom. The molecule has 0 rings (SSSR count). The summed E-state index contributed by atoms with van der Waals surface area (Å²) < 4.78 is 16.9. The van der Waals surface area contributed by atoms with Gasteiger partial charge in [0.1, 0.15) is 13.2 Å². The fourth-order valence-electron chi connectivity index (χ4n) is 8.25. The lowest BCUT2D eigenvalue weighted by Gasteiger charge is -2.18. The van der Waals surface area contributed by atoms with Crippen LogP contribution >= 0.6 is 0 Å². The van der Waals surface area contributed by atoms with Crippen LogP contribution in [0.5, 0.6) is 0 Å². The minimum atomic E-state index is -0.776. The van der Waals surface area contributed by atoms with E-state index in [9.17, 15) is 14.4 Å². The van der Waals surface area contributed by atoms with Crippen LogP contribution in [-0.2, 0) is 28.6 Å². The molecule has 0 aromatic carbocycles. The topological polar surface area (TPSA) is 78.9 Å². The van der Waals surface area contributed by atoms with E-state index in [0.717, 1.165) is 57.8 Å². The van der Waals surface area contributed by atoms with Gasteiger partial charge in [0.25, 0.3) is 0 Å². The molecule has 1 atom stereocenters. The summed E-state index contributed by atoms with van der Waals surface area (Å²) >= 11 is 0. The molecule has 0 aliphatic carbocycles. The first kappa shape index (κ1) is 62.6. The molecule has 0 bridgehead atoms. The lowest BCUT2D eigenvalue weighted by molar-refractivity contribution is -0.167. The molecule has 0 amide bonds. The molecule has 0 aromatic rings. The standard InChI is InChI=1S/C59H108O6/c1-4-7-10-13-16-19-22-25-28-29-32-34-37-40-43-46-49-52-58(61)64-55-56(65-59(62)53-50-47-44-41-38-35-31-27-24-21-18-15-12-9-6-3)54-63-57(60)51-48-45-42-39-36-33-30-26-23-20-17-14-11-8-5-2/h20-21,23-25,28,56H,4-19,22,26-27,29-55H2,1-3H3/b23-20-,24-21-,28-25-. The number of carbonyl (C=O) groups excluding carboxylic acids is 3. The van der Waals surface area contributed by atoms with Crippen molar-refractivity contribution in [3.05, 3.63) is 36.5 Å². The average molecular weight is 914 g/mol. The summed E-state index contributed by atoms with van der Waals surface area (Å²) in [5, 5.41) is 0. The van der Waals surface area contributed by atoms with E-state index in [1.807, 2.05) is 0 Å². The Kier molecular flexibility index (Phi) is 52.3. The zero-order valence-corrected chi connectivity index (χ0v) is 43.5. The Labute approximate surface area is 404 Å². The maximum atomic E-state index is 12.8. The van der Waals surface area contributed by atoms with Gasteiger partial charge in [-0.2, -0.15) is 0 Å². The van der Waals surface area contributed by atoms with Gasteiger partial charge in [0.2, 0.25) is 0 Å². The van der Waals surface area contributed by atoms with Crippen molar-refractivity contribution in [2.45, 2.75) is 309 Å². The van der Waals surface area contributed by atoms with E-state index in [2.05, 4.69) is 57.2 Å². The van der Waals surface area contributed by atoms with Gasteiger partial charge in [-0.3, -0.25) is 14.4 Å². The second-order valence-electron chi connectivity index (χ2n) is 19.2. The predicted octanol–water partition coefficient (Wildman–Crippen LogP) is 18.9. The summed E-state index contributed by atoms with van der Waals surface area (Å²) in [7, 11) is 0. The molecule has 65 heavy (non-hydrogen) atoms. The summed E-state index contributed by atoms with van der Waals surface area (Å²) in [6, 6.07) is 0. The quantitative estimate of drug-likeness (QED) is 0.0262. The van der Waals surface area contributed by atoms with E-state index in [-0.39, 0.29) is 31.1 Å². The molecule has 0 aliphatic heterocycles. The van der Waals surface area contributed by atoms with Crippen LogP contribution in [0.2, 0.25) is 0 Å². The number of ether oxygens (including phenoxy) is 3. The summed E-state index contributed by atoms with van der Waals surface area (Å²) in [4.78, 5) is 38.1. The van der Waals surface area contributed by atoms with Crippen molar-refractivity contribution in [3.8, 4) is 0 Å². The number of hydrogen-bond acceptors (Lipinski definition) is 6. The summed E-state index contributed by atoms with van der Waals surface area (Å²) in [6.07, 6.45) is 64.1. The molecule has 0 saturated heterocycles. The van der Waals surface area contributed by atoms with E-state index in [4.69, 9.17) is 14.2 Å². The Bertz CT molecular complexity index is 1090. The number of unbranched alkanes of at least 4 members (excludes halogenated alkanes) is 35. The smallest absolute Gasteiger partial charge is 0.306 e. The maximum absolute atomic E-state index is 12.8. The Morgan fingerprint density at radius 3 is 0.785 bits per heavy atom. The zero-order chi connectivity index (χ0) is 47.2. The fraction of sp³-hybridized carbons (Fsp3) is 0.847. The second-order valence-corrected chi connectivity index (χ2v) is 19.2. The van der Waals surface area contributed by atoms with Crippen molar-refractivity contribution < 1.29 is 28.6 Å². The van der Waals surface area contributed by atoms with Crippen molar-refractivity contribution >= 4 is 17.9 Å². The molecule has 1 unspecified atom stereocenters. The number of allylic oxidation sites excluding steroid dienone is 6. The van der Waals surface area contributed by atoms with Gasteiger partial charge in [-0.05, 0) is 96.3 Å². The minimum Gasteiger partial charge on any atom is -0.462 e. The Balaban J connectivity index is 4.36. The highest BCUT2D eigenvalue weighted by atomic mass is 16.6. The molecule has 0 radical (unpaired) electrons. The first-order valence-corrected chi connectivity index (χ1v) is 28.5. The van der Waals surface area contributed by atoms with Crippen LogP contribution in [0.3, 0.4) is 0 Å². The molecular formula is C59H108O6. The van der Waals surface area contributed by atoms with Crippen LogP contribution in [0.15, 0.2) is 36.5 Å². The average Bonchev–Trinajstić information content (AvgIpc) is 3.30. The van der Waals surface area contributed by atoms with Crippen molar-refractivity contribution in [2.75, 3.05) is 13.2 Å². The highest BCUT2D eigenvalue weighted by molar-refractivity contribution is 5.71. The van der Waals surface area contributed by atoms with Gasteiger partial charge in [-0.1, -0.05) is 224 Å². The number of carbonyl (C=O) groups is 3. The van der Waals surface area contributed by atoms with Gasteiger partial charge in [0.15, 0.2) is 6.10 Å². The van der Waals surface area contributed by atoms with E-state index < -0.39 is 6.10 Å². The third-order valence-corrected chi connectivity index (χ3v) is 12.6. The predicted molar refractivity (Wildman–Crippen MR) is 279 cm³/mol. The van der Waals surface area contributed by atoms with E-state index in [1.165, 1.54) is 205 Å². The molecule has 0 heterocycles. The van der Waals surface area contributed by atoms with E-state index in [0.29, 0.717) is 19.3 Å². The molecule has 0 fully saturated rings. The van der Waals surface area contributed by atoms with Gasteiger partial charge in [-0.25, -0.2) is 0 Å². The Morgan fingerprint density at radius 1 is 0.292 bits per heavy atom. The molecule has 380 valence electrons. The van der Waals surface area contributed by atoms with Crippen molar-refractivity contribution in [1.29, 1.82) is 0 Å². The molecule has 0 N–H and O–H groups in total. The SMILES string of the molecule is CCCCCC/C=C\CCCCCCCCCC(=O)OCC(COC(=O)CCCCCCCCC/C=C\CCCCCCCC)OC(=O)CCCCCCCCC/C=C\CCCCCC. The molecule has 0 spiro atoms. The molecule has 6 nitrogen and oxygen atoms in total. The van der Waals surface area contributed by atoms with Gasteiger partial charge in [0.05, 0.1) is 0 Å². The van der Waals surface area contributed by atoms with Crippen LogP contribution in [0.1, 0.15) is 303 Å². The van der Waals surface area contributed by atoms with Gasteiger partial charge in [-0.15, -0.1) is 0 Å². The molecule has 0 saturated carbocycles.